The van der Waals surface area contributed by atoms with E-state index in [4.69, 9.17) is 4.98 Å². The summed E-state index contributed by atoms with van der Waals surface area (Å²) in [5.74, 6) is 0. The Balaban J connectivity index is 1.58. The van der Waals surface area contributed by atoms with E-state index in [9.17, 15) is 0 Å². The lowest BCUT2D eigenvalue weighted by atomic mass is 9.91. The van der Waals surface area contributed by atoms with Gasteiger partial charge in [0, 0.05) is 16.2 Å². The van der Waals surface area contributed by atoms with Gasteiger partial charge >= 0.3 is 0 Å². The molecule has 0 atom stereocenters. The third kappa shape index (κ3) is 2.14. The van der Waals surface area contributed by atoms with Crippen molar-refractivity contribution in [1.82, 2.24) is 9.38 Å². The topological polar surface area (TPSA) is 17.3 Å². The quantitative estimate of drug-likeness (QED) is 0.217. The summed E-state index contributed by atoms with van der Waals surface area (Å²) in [7, 11) is 0. The van der Waals surface area contributed by atoms with E-state index in [-0.39, 0.29) is 0 Å². The number of hydrogen-bond acceptors (Lipinski definition) is 1. The average molecular weight is 445 g/mol. The van der Waals surface area contributed by atoms with Crippen LogP contribution in [0.1, 0.15) is 22.3 Å². The summed E-state index contributed by atoms with van der Waals surface area (Å²) in [6, 6.07) is 35.7. The molecule has 2 aliphatic rings. The van der Waals surface area contributed by atoms with Crippen LogP contribution in [0.3, 0.4) is 0 Å². The molecule has 0 radical (unpaired) electrons. The molecule has 5 aromatic carbocycles. The number of fused-ring (bicyclic) bond motifs is 16. The van der Waals surface area contributed by atoms with Crippen LogP contribution < -0.4 is 0 Å². The Hall–Kier alpha value is -4.43. The van der Waals surface area contributed by atoms with Crippen molar-refractivity contribution >= 4 is 38.4 Å². The summed E-state index contributed by atoms with van der Waals surface area (Å²) in [4.78, 5) is 5.17. The van der Waals surface area contributed by atoms with E-state index in [1.165, 1.54) is 71.7 Å². The average Bonchev–Trinajstić information content (AvgIpc) is 3.59. The number of para-hydroxylation sites is 2. The van der Waals surface area contributed by atoms with Crippen LogP contribution in [0.25, 0.3) is 60.6 Å². The Morgan fingerprint density at radius 1 is 0.543 bits per heavy atom. The van der Waals surface area contributed by atoms with Crippen molar-refractivity contribution in [2.45, 2.75) is 12.8 Å². The van der Waals surface area contributed by atoms with Crippen molar-refractivity contribution in [2.24, 2.45) is 0 Å². The highest BCUT2D eigenvalue weighted by atomic mass is 15.0. The molecule has 0 saturated carbocycles. The zero-order valence-corrected chi connectivity index (χ0v) is 19.0. The van der Waals surface area contributed by atoms with E-state index in [1.807, 2.05) is 0 Å². The molecular weight excluding hydrogens is 424 g/mol. The first-order chi connectivity index (χ1) is 17.4. The molecule has 0 amide bonds. The van der Waals surface area contributed by atoms with Gasteiger partial charge in [0.2, 0.25) is 0 Å². The van der Waals surface area contributed by atoms with Crippen molar-refractivity contribution in [3.63, 3.8) is 0 Å². The van der Waals surface area contributed by atoms with E-state index in [0.717, 1.165) is 24.0 Å². The number of benzene rings is 5. The third-order valence-electron chi connectivity index (χ3n) is 8.22. The number of aromatic nitrogens is 2. The summed E-state index contributed by atoms with van der Waals surface area (Å²) < 4.78 is 2.39. The predicted molar refractivity (Wildman–Crippen MR) is 144 cm³/mol. The van der Waals surface area contributed by atoms with Gasteiger partial charge in [-0.15, -0.1) is 0 Å². The fourth-order valence-electron chi connectivity index (χ4n) is 6.79. The highest BCUT2D eigenvalue weighted by Gasteiger charge is 2.28. The molecule has 2 heterocycles. The Labute approximate surface area is 202 Å². The number of hydrogen-bond donors (Lipinski definition) is 0. The van der Waals surface area contributed by atoms with Gasteiger partial charge in [-0.25, -0.2) is 4.98 Å². The van der Waals surface area contributed by atoms with Crippen LogP contribution in [0.15, 0.2) is 97.1 Å². The minimum Gasteiger partial charge on any atom is -0.292 e. The molecular formula is C33H20N2. The monoisotopic (exact) mass is 444 g/mol. The zero-order chi connectivity index (χ0) is 22.7. The lowest BCUT2D eigenvalue weighted by Crippen LogP contribution is -1.97. The van der Waals surface area contributed by atoms with Gasteiger partial charge in [0.1, 0.15) is 5.65 Å². The zero-order valence-electron chi connectivity index (χ0n) is 19.0. The molecule has 0 saturated heterocycles. The first-order valence-corrected chi connectivity index (χ1v) is 12.3. The van der Waals surface area contributed by atoms with Crippen molar-refractivity contribution in [1.29, 1.82) is 0 Å². The van der Waals surface area contributed by atoms with Crippen LogP contribution in [-0.4, -0.2) is 9.38 Å². The summed E-state index contributed by atoms with van der Waals surface area (Å²) in [6.45, 7) is 0. The number of rotatable bonds is 0. The number of imidazole rings is 1. The van der Waals surface area contributed by atoms with Crippen molar-refractivity contribution in [3.05, 3.63) is 119 Å². The Morgan fingerprint density at radius 2 is 1.31 bits per heavy atom. The first-order valence-electron chi connectivity index (χ1n) is 12.3. The highest BCUT2D eigenvalue weighted by molar-refractivity contribution is 6.22. The second-order valence-electron chi connectivity index (χ2n) is 9.94. The van der Waals surface area contributed by atoms with Gasteiger partial charge in [-0.2, -0.15) is 0 Å². The molecule has 2 aromatic heterocycles. The Kier molecular flexibility index (Phi) is 3.16. The van der Waals surface area contributed by atoms with Gasteiger partial charge < -0.3 is 0 Å². The summed E-state index contributed by atoms with van der Waals surface area (Å²) in [5, 5.41) is 4.00. The van der Waals surface area contributed by atoms with Crippen LogP contribution in [0.2, 0.25) is 0 Å². The molecule has 9 rings (SSSR count). The maximum atomic E-state index is 5.17. The number of nitrogens with zero attached hydrogens (tertiary/aromatic N) is 2. The third-order valence-corrected chi connectivity index (χ3v) is 8.22. The van der Waals surface area contributed by atoms with E-state index in [1.54, 1.807) is 0 Å². The molecule has 0 spiro atoms. The minimum absolute atomic E-state index is 0.974. The maximum absolute atomic E-state index is 5.17. The molecule has 0 unspecified atom stereocenters. The Bertz CT molecular complexity index is 2060. The van der Waals surface area contributed by atoms with Gasteiger partial charge in [-0.05, 0) is 75.5 Å². The van der Waals surface area contributed by atoms with Crippen LogP contribution in [-0.2, 0) is 12.8 Å². The summed E-state index contributed by atoms with van der Waals surface area (Å²) >= 11 is 0. The van der Waals surface area contributed by atoms with Gasteiger partial charge in [0.25, 0.3) is 0 Å². The molecule has 0 aliphatic heterocycles. The summed E-state index contributed by atoms with van der Waals surface area (Å²) in [5.41, 5.74) is 15.8. The van der Waals surface area contributed by atoms with Crippen LogP contribution in [0.5, 0.6) is 0 Å². The fourth-order valence-corrected chi connectivity index (χ4v) is 6.79. The van der Waals surface area contributed by atoms with Crippen molar-refractivity contribution in [3.8, 4) is 22.3 Å². The Morgan fingerprint density at radius 3 is 2.23 bits per heavy atom. The molecule has 162 valence electrons. The second kappa shape index (κ2) is 6.17. The molecule has 0 bridgehead atoms. The fraction of sp³-hybridized carbons (Fsp3) is 0.0606. The van der Waals surface area contributed by atoms with Gasteiger partial charge in [0.05, 0.1) is 16.6 Å². The van der Waals surface area contributed by atoms with E-state index in [2.05, 4.69) is 101 Å². The summed E-state index contributed by atoms with van der Waals surface area (Å²) in [6.07, 6.45) is 1.97. The largest absolute Gasteiger partial charge is 0.292 e. The van der Waals surface area contributed by atoms with E-state index in [0.29, 0.717) is 0 Å². The molecule has 2 aliphatic carbocycles. The maximum Gasteiger partial charge on any atom is 0.146 e. The van der Waals surface area contributed by atoms with E-state index >= 15 is 0 Å². The molecule has 35 heavy (non-hydrogen) atoms. The van der Waals surface area contributed by atoms with Crippen LogP contribution in [0.4, 0.5) is 0 Å². The van der Waals surface area contributed by atoms with Crippen molar-refractivity contribution < 1.29 is 0 Å². The standard InChI is InChI=1S/C33H20N2/c1-3-9-22-20(8-1)18-26-24(22)15-16-29-31(26)32-25(33-34-27-11-5-6-12-28(27)35(29)33)14-13-21-17-19-7-2-4-10-23(19)30(21)32/h1-16H,17-18H2. The van der Waals surface area contributed by atoms with Crippen molar-refractivity contribution in [2.75, 3.05) is 0 Å². The minimum atomic E-state index is 0.974. The second-order valence-corrected chi connectivity index (χ2v) is 9.94. The molecule has 2 heteroatoms. The van der Waals surface area contributed by atoms with Crippen LogP contribution >= 0.6 is 0 Å². The van der Waals surface area contributed by atoms with Gasteiger partial charge in [0.15, 0.2) is 0 Å². The highest BCUT2D eigenvalue weighted by Crippen LogP contribution is 2.49. The van der Waals surface area contributed by atoms with Gasteiger partial charge in [-0.1, -0.05) is 78.9 Å². The molecule has 2 nitrogen and oxygen atoms in total. The van der Waals surface area contributed by atoms with Crippen LogP contribution in [0, 0.1) is 0 Å². The van der Waals surface area contributed by atoms with E-state index < -0.39 is 0 Å². The first kappa shape index (κ1) is 18.0. The molecule has 7 aromatic rings. The normalized spacial score (nSPS) is 13.5. The predicted octanol–water partition coefficient (Wildman–Crippen LogP) is 7.94. The molecule has 0 fully saturated rings. The SMILES string of the molecule is c1ccc2c(c1)Cc1c-2ccc2c1c1c3c(ccc1c1nc4ccccc4n21)Cc1ccccc1-3. The smallest absolute Gasteiger partial charge is 0.146 e. The molecule has 0 N–H and O–H groups in total. The number of pyridine rings is 1. The lowest BCUT2D eigenvalue weighted by Gasteiger charge is -2.16. The van der Waals surface area contributed by atoms with Gasteiger partial charge in [-0.3, -0.25) is 4.40 Å². The lowest BCUT2D eigenvalue weighted by molar-refractivity contribution is 1.26.